The van der Waals surface area contributed by atoms with Crippen molar-refractivity contribution in [1.29, 1.82) is 0 Å². The summed E-state index contributed by atoms with van der Waals surface area (Å²) in [6.07, 6.45) is 0. The van der Waals surface area contributed by atoms with Crippen LogP contribution in [0.3, 0.4) is 0 Å². The fraction of sp³-hybridized carbons (Fsp3) is 0.208. The van der Waals surface area contributed by atoms with Crippen molar-refractivity contribution >= 4 is 28.4 Å². The summed E-state index contributed by atoms with van der Waals surface area (Å²) < 4.78 is 20.4. The molecule has 1 atom stereocenters. The molecule has 1 heterocycles. The van der Waals surface area contributed by atoms with Crippen LogP contribution in [0, 0.1) is 5.82 Å². The minimum absolute atomic E-state index is 0.154. The maximum Gasteiger partial charge on any atom is 0.252 e. The highest BCUT2D eigenvalue weighted by atomic mass is 32.2. The molecule has 0 saturated carbocycles. The molecule has 0 aliphatic heterocycles. The fourth-order valence-corrected chi connectivity index (χ4v) is 4.15. The third-order valence-corrected chi connectivity index (χ3v) is 6.02. The maximum absolute atomic E-state index is 12.9. The molecule has 0 spiro atoms. The van der Waals surface area contributed by atoms with Gasteiger partial charge in [0.2, 0.25) is 0 Å². The summed E-state index contributed by atoms with van der Waals surface area (Å²) in [5.41, 5.74) is 0.629. The van der Waals surface area contributed by atoms with Crippen LogP contribution in [-0.2, 0) is 7.05 Å². The number of nitrogens with zero attached hydrogens (tertiary/aromatic N) is 3. The van der Waals surface area contributed by atoms with Gasteiger partial charge in [-0.2, -0.15) is 0 Å². The molecule has 0 unspecified atom stereocenters. The summed E-state index contributed by atoms with van der Waals surface area (Å²) in [6, 6.07) is 19.1. The number of rotatable bonds is 8. The summed E-state index contributed by atoms with van der Waals surface area (Å²) in [6.45, 7) is 2.34. The van der Waals surface area contributed by atoms with Crippen LogP contribution in [0.2, 0.25) is 0 Å². The molecule has 1 N–H and O–H groups in total. The van der Waals surface area contributed by atoms with Crippen LogP contribution in [0.15, 0.2) is 71.9 Å². The molecule has 1 amide bonds. The van der Waals surface area contributed by atoms with Crippen molar-refractivity contribution in [2.45, 2.75) is 18.1 Å². The van der Waals surface area contributed by atoms with Gasteiger partial charge in [0, 0.05) is 18.4 Å². The number of benzene rings is 3. The zero-order valence-electron chi connectivity index (χ0n) is 17.8. The molecule has 1 aromatic heterocycles. The molecule has 8 heteroatoms. The van der Waals surface area contributed by atoms with Crippen LogP contribution in [0.1, 0.15) is 29.1 Å². The van der Waals surface area contributed by atoms with Crippen molar-refractivity contribution in [2.75, 3.05) is 12.4 Å². The van der Waals surface area contributed by atoms with Crippen LogP contribution in [-0.4, -0.2) is 33.0 Å². The molecule has 3 aromatic carbocycles. The van der Waals surface area contributed by atoms with Crippen LogP contribution in [0.25, 0.3) is 10.8 Å². The van der Waals surface area contributed by atoms with Crippen molar-refractivity contribution in [3.05, 3.63) is 83.9 Å². The first-order valence-corrected chi connectivity index (χ1v) is 11.2. The average molecular weight is 451 g/mol. The molecule has 0 radical (unpaired) electrons. The lowest BCUT2D eigenvalue weighted by molar-refractivity contribution is 0.0939. The number of halogens is 1. The van der Waals surface area contributed by atoms with Gasteiger partial charge in [0.25, 0.3) is 5.91 Å². The number of aromatic nitrogens is 3. The van der Waals surface area contributed by atoms with Gasteiger partial charge in [-0.25, -0.2) is 4.39 Å². The van der Waals surface area contributed by atoms with Crippen LogP contribution >= 0.6 is 11.8 Å². The summed E-state index contributed by atoms with van der Waals surface area (Å²) in [4.78, 5) is 12.9. The standard InChI is InChI=1S/C24H23FN4O2S/c1-16(26-23(30)21-9-5-7-17-6-3-4-8-20(17)21)22-27-28-24(29(22)2)32-15-14-31-19-12-10-18(25)11-13-19/h3-13,16H,14-15H2,1-2H3,(H,26,30)/t16-/m1/s1. The minimum Gasteiger partial charge on any atom is -0.493 e. The predicted molar refractivity (Wildman–Crippen MR) is 123 cm³/mol. The SMILES string of the molecule is C[C@@H](NC(=O)c1cccc2ccccc12)c1nnc(SCCOc2ccc(F)cc2)n1C. The zero-order chi connectivity index (χ0) is 22.5. The van der Waals surface area contributed by atoms with Gasteiger partial charge in [-0.15, -0.1) is 10.2 Å². The first-order valence-electron chi connectivity index (χ1n) is 10.2. The molecule has 0 aliphatic carbocycles. The van der Waals surface area contributed by atoms with Gasteiger partial charge in [-0.05, 0) is 48.0 Å². The van der Waals surface area contributed by atoms with Gasteiger partial charge in [-0.1, -0.05) is 48.2 Å². The number of fused-ring (bicyclic) bond motifs is 1. The summed E-state index contributed by atoms with van der Waals surface area (Å²) in [5.74, 6) is 1.50. The van der Waals surface area contributed by atoms with Gasteiger partial charge in [-0.3, -0.25) is 4.79 Å². The number of nitrogens with one attached hydrogen (secondary N) is 1. The van der Waals surface area contributed by atoms with E-state index in [4.69, 9.17) is 4.74 Å². The summed E-state index contributed by atoms with van der Waals surface area (Å²) in [7, 11) is 1.87. The monoisotopic (exact) mass is 450 g/mol. The largest absolute Gasteiger partial charge is 0.493 e. The number of amides is 1. The molecule has 6 nitrogen and oxygen atoms in total. The Kier molecular flexibility index (Phi) is 6.70. The van der Waals surface area contributed by atoms with Crippen LogP contribution in [0.4, 0.5) is 4.39 Å². The Labute approximate surface area is 189 Å². The first-order chi connectivity index (χ1) is 15.5. The Morgan fingerprint density at radius 1 is 1.09 bits per heavy atom. The first kappa shape index (κ1) is 21.8. The highest BCUT2D eigenvalue weighted by molar-refractivity contribution is 7.99. The van der Waals surface area contributed by atoms with E-state index in [1.807, 2.05) is 61.0 Å². The van der Waals surface area contributed by atoms with E-state index in [1.165, 1.54) is 23.9 Å². The number of thioether (sulfide) groups is 1. The van der Waals surface area contributed by atoms with E-state index in [9.17, 15) is 9.18 Å². The Hall–Kier alpha value is -3.39. The van der Waals surface area contributed by atoms with Gasteiger partial charge < -0.3 is 14.6 Å². The van der Waals surface area contributed by atoms with Crippen molar-refractivity contribution in [1.82, 2.24) is 20.1 Å². The number of hydrogen-bond acceptors (Lipinski definition) is 5. The smallest absolute Gasteiger partial charge is 0.252 e. The zero-order valence-corrected chi connectivity index (χ0v) is 18.6. The Morgan fingerprint density at radius 3 is 2.66 bits per heavy atom. The number of hydrogen-bond donors (Lipinski definition) is 1. The molecule has 0 bridgehead atoms. The van der Waals surface area contributed by atoms with Crippen molar-refractivity contribution in [3.63, 3.8) is 0 Å². The van der Waals surface area contributed by atoms with E-state index in [-0.39, 0.29) is 17.8 Å². The third kappa shape index (κ3) is 4.91. The van der Waals surface area contributed by atoms with E-state index in [1.54, 1.807) is 12.1 Å². The third-order valence-electron chi connectivity index (χ3n) is 5.03. The molecule has 0 aliphatic rings. The molecule has 4 aromatic rings. The lowest BCUT2D eigenvalue weighted by Crippen LogP contribution is -2.28. The lowest BCUT2D eigenvalue weighted by Gasteiger charge is -2.14. The second-order valence-corrected chi connectivity index (χ2v) is 8.33. The predicted octanol–water partition coefficient (Wildman–Crippen LogP) is 4.77. The van der Waals surface area contributed by atoms with E-state index in [0.717, 1.165) is 15.9 Å². The van der Waals surface area contributed by atoms with Gasteiger partial charge >= 0.3 is 0 Å². The van der Waals surface area contributed by atoms with E-state index in [0.29, 0.717) is 29.5 Å². The van der Waals surface area contributed by atoms with Gasteiger partial charge in [0.1, 0.15) is 11.6 Å². The number of carbonyl (C=O) groups is 1. The Morgan fingerprint density at radius 2 is 1.84 bits per heavy atom. The van der Waals surface area contributed by atoms with E-state index in [2.05, 4.69) is 15.5 Å². The lowest BCUT2D eigenvalue weighted by atomic mass is 10.0. The Bertz CT molecular complexity index is 1220. The molecule has 0 fully saturated rings. The quantitative estimate of drug-likeness (QED) is 0.309. The number of carbonyl (C=O) groups excluding carboxylic acids is 1. The van der Waals surface area contributed by atoms with E-state index < -0.39 is 0 Å². The molecule has 32 heavy (non-hydrogen) atoms. The molecule has 4 rings (SSSR count). The molecular formula is C24H23FN4O2S. The van der Waals surface area contributed by atoms with E-state index >= 15 is 0 Å². The molecular weight excluding hydrogens is 427 g/mol. The minimum atomic E-state index is -0.316. The second kappa shape index (κ2) is 9.82. The fourth-order valence-electron chi connectivity index (χ4n) is 3.41. The summed E-state index contributed by atoms with van der Waals surface area (Å²) in [5, 5.41) is 14.2. The Balaban J connectivity index is 1.35. The highest BCUT2D eigenvalue weighted by Gasteiger charge is 2.19. The van der Waals surface area contributed by atoms with Gasteiger partial charge in [0.15, 0.2) is 11.0 Å². The van der Waals surface area contributed by atoms with Crippen molar-refractivity contribution in [2.24, 2.45) is 7.05 Å². The van der Waals surface area contributed by atoms with Crippen molar-refractivity contribution < 1.29 is 13.9 Å². The van der Waals surface area contributed by atoms with Gasteiger partial charge in [0.05, 0.1) is 12.6 Å². The normalized spacial score (nSPS) is 12.0. The molecule has 164 valence electrons. The molecule has 0 saturated heterocycles. The summed E-state index contributed by atoms with van der Waals surface area (Å²) >= 11 is 1.50. The number of ether oxygens (including phenoxy) is 1. The highest BCUT2D eigenvalue weighted by Crippen LogP contribution is 2.22. The van der Waals surface area contributed by atoms with Crippen LogP contribution in [0.5, 0.6) is 5.75 Å². The van der Waals surface area contributed by atoms with Crippen molar-refractivity contribution in [3.8, 4) is 5.75 Å². The topological polar surface area (TPSA) is 69.0 Å². The van der Waals surface area contributed by atoms with Crippen LogP contribution < -0.4 is 10.1 Å². The maximum atomic E-state index is 12.9. The average Bonchev–Trinajstić information content (AvgIpc) is 3.17. The second-order valence-electron chi connectivity index (χ2n) is 7.27.